The average molecular weight is 472 g/mol. The normalized spacial score (nSPS) is 25.4. The molecule has 1 aliphatic heterocycles. The summed E-state index contributed by atoms with van der Waals surface area (Å²) < 4.78 is 12.5. The highest BCUT2D eigenvalue weighted by atomic mass is 16.7. The Kier molecular flexibility index (Phi) is 13.9. The zero-order valence-electron chi connectivity index (χ0n) is 20.2. The van der Waals surface area contributed by atoms with E-state index >= 15 is 0 Å². The van der Waals surface area contributed by atoms with Crippen LogP contribution in [-0.2, 0) is 11.3 Å². The van der Waals surface area contributed by atoms with Crippen LogP contribution in [0.3, 0.4) is 0 Å². The molecule has 0 radical (unpaired) electrons. The first-order valence-corrected chi connectivity index (χ1v) is 12.9. The molecule has 1 aliphatic rings. The van der Waals surface area contributed by atoms with Crippen LogP contribution in [0.2, 0.25) is 0 Å². The van der Waals surface area contributed by atoms with Crippen molar-refractivity contribution in [2.24, 2.45) is 0 Å². The van der Waals surface area contributed by atoms with E-state index in [2.05, 4.69) is 17.2 Å². The van der Waals surface area contributed by atoms with Gasteiger partial charge in [0.05, 0.1) is 12.8 Å². The van der Waals surface area contributed by atoms with Gasteiger partial charge < -0.3 is 29.9 Å². The number of aliphatic hydroxyl groups excluding tert-OH is 4. The number of hydrogen-bond donors (Lipinski definition) is 4. The van der Waals surface area contributed by atoms with Gasteiger partial charge in [-0.15, -0.1) is 0 Å². The van der Waals surface area contributed by atoms with E-state index in [1.165, 1.54) is 77.0 Å². The highest BCUT2D eigenvalue weighted by Crippen LogP contribution is 2.23. The van der Waals surface area contributed by atoms with Crippen LogP contribution in [0.4, 0.5) is 0 Å². The van der Waals surface area contributed by atoms with Gasteiger partial charge in [-0.25, -0.2) is 4.68 Å². The Morgan fingerprint density at radius 3 is 1.91 bits per heavy atom. The summed E-state index contributed by atoms with van der Waals surface area (Å²) in [5.41, 5.74) is 0. The number of aliphatic hydroxyl groups is 4. The molecule has 0 unspecified atom stereocenters. The van der Waals surface area contributed by atoms with E-state index in [9.17, 15) is 20.4 Å². The summed E-state index contributed by atoms with van der Waals surface area (Å²) in [5, 5.41) is 46.9. The largest absolute Gasteiger partial charge is 0.443 e. The molecule has 0 aliphatic carbocycles. The number of aryl methyl sites for hydroxylation is 1. The maximum absolute atomic E-state index is 10.0. The van der Waals surface area contributed by atoms with Gasteiger partial charge in [0.2, 0.25) is 6.29 Å². The Morgan fingerprint density at radius 1 is 0.818 bits per heavy atom. The molecule has 9 nitrogen and oxygen atoms in total. The van der Waals surface area contributed by atoms with E-state index < -0.39 is 37.3 Å². The van der Waals surface area contributed by atoms with Crippen molar-refractivity contribution < 1.29 is 29.9 Å². The SMILES string of the molecule is CCCCCCCCCCCCCCCCn1cc(O[C@@H]2O[C@H](CO)[C@H](O)[C@H](O)[C@H]2O)nn1. The number of nitrogens with zero attached hydrogens (tertiary/aromatic N) is 3. The molecule has 4 N–H and O–H groups in total. The summed E-state index contributed by atoms with van der Waals surface area (Å²) in [7, 11) is 0. The second kappa shape index (κ2) is 16.4. The number of aromatic nitrogens is 3. The first-order chi connectivity index (χ1) is 16.1. The zero-order chi connectivity index (χ0) is 23.9. The highest BCUT2D eigenvalue weighted by molar-refractivity contribution is 5.01. The predicted molar refractivity (Wildman–Crippen MR) is 125 cm³/mol. The van der Waals surface area contributed by atoms with Crippen LogP contribution in [0, 0.1) is 0 Å². The fraction of sp³-hybridized carbons (Fsp3) is 0.917. The van der Waals surface area contributed by atoms with Crippen LogP contribution in [0.15, 0.2) is 6.20 Å². The van der Waals surface area contributed by atoms with E-state index in [-0.39, 0.29) is 5.88 Å². The minimum Gasteiger partial charge on any atom is -0.443 e. The summed E-state index contributed by atoms with van der Waals surface area (Å²) in [6.07, 6.45) is 13.3. The summed E-state index contributed by atoms with van der Waals surface area (Å²) >= 11 is 0. The van der Waals surface area contributed by atoms with Gasteiger partial charge in [0.25, 0.3) is 5.88 Å². The van der Waals surface area contributed by atoms with Crippen LogP contribution in [0.1, 0.15) is 96.8 Å². The molecule has 0 amide bonds. The Bertz CT molecular complexity index is 615. The third kappa shape index (κ3) is 10.3. The summed E-state index contributed by atoms with van der Waals surface area (Å²) in [6, 6.07) is 0. The average Bonchev–Trinajstić information content (AvgIpc) is 3.26. The lowest BCUT2D eigenvalue weighted by Gasteiger charge is -2.39. The van der Waals surface area contributed by atoms with Crippen molar-refractivity contribution in [2.75, 3.05) is 6.61 Å². The molecule has 5 atom stereocenters. The van der Waals surface area contributed by atoms with E-state index in [4.69, 9.17) is 9.47 Å². The van der Waals surface area contributed by atoms with Crippen molar-refractivity contribution in [2.45, 2.75) is 134 Å². The number of rotatable bonds is 18. The van der Waals surface area contributed by atoms with Crippen LogP contribution < -0.4 is 4.74 Å². The maximum Gasteiger partial charge on any atom is 0.255 e. The maximum atomic E-state index is 10.0. The highest BCUT2D eigenvalue weighted by Gasteiger charge is 2.45. The van der Waals surface area contributed by atoms with Crippen molar-refractivity contribution in [1.82, 2.24) is 15.0 Å². The van der Waals surface area contributed by atoms with Crippen molar-refractivity contribution in [3.05, 3.63) is 6.20 Å². The Morgan fingerprint density at radius 2 is 1.36 bits per heavy atom. The van der Waals surface area contributed by atoms with Gasteiger partial charge in [-0.3, -0.25) is 0 Å². The second-order valence-corrected chi connectivity index (χ2v) is 9.23. The molecule has 0 saturated carbocycles. The minimum absolute atomic E-state index is 0.157. The summed E-state index contributed by atoms with van der Waals surface area (Å²) in [5.74, 6) is 0.157. The third-order valence-electron chi connectivity index (χ3n) is 6.34. The zero-order valence-corrected chi connectivity index (χ0v) is 20.2. The molecule has 1 fully saturated rings. The van der Waals surface area contributed by atoms with Crippen molar-refractivity contribution >= 4 is 0 Å². The molecule has 2 heterocycles. The number of unbranched alkanes of at least 4 members (excludes halogenated alkanes) is 13. The molecule has 0 spiro atoms. The third-order valence-corrected chi connectivity index (χ3v) is 6.34. The lowest BCUT2D eigenvalue weighted by atomic mass is 9.99. The molecule has 2 rings (SSSR count). The van der Waals surface area contributed by atoms with Gasteiger partial charge in [0.1, 0.15) is 24.4 Å². The van der Waals surface area contributed by atoms with Gasteiger partial charge in [0, 0.05) is 6.54 Å². The van der Waals surface area contributed by atoms with E-state index in [1.54, 1.807) is 10.9 Å². The molecule has 33 heavy (non-hydrogen) atoms. The molecule has 0 aromatic carbocycles. The van der Waals surface area contributed by atoms with Crippen LogP contribution >= 0.6 is 0 Å². The molecule has 1 saturated heterocycles. The Labute approximate surface area is 198 Å². The van der Waals surface area contributed by atoms with E-state index in [0.29, 0.717) is 0 Å². The van der Waals surface area contributed by atoms with Crippen LogP contribution in [-0.4, -0.2) is 72.7 Å². The van der Waals surface area contributed by atoms with Crippen LogP contribution in [0.5, 0.6) is 5.88 Å². The van der Waals surface area contributed by atoms with Gasteiger partial charge in [-0.05, 0) is 6.42 Å². The minimum atomic E-state index is -1.48. The molecular formula is C24H45N3O6. The monoisotopic (exact) mass is 471 g/mol. The fourth-order valence-electron chi connectivity index (χ4n) is 4.20. The van der Waals surface area contributed by atoms with Gasteiger partial charge in [0.15, 0.2) is 0 Å². The van der Waals surface area contributed by atoms with Crippen LogP contribution in [0.25, 0.3) is 0 Å². The lowest BCUT2D eigenvalue weighted by molar-refractivity contribution is -0.278. The smallest absolute Gasteiger partial charge is 0.255 e. The van der Waals surface area contributed by atoms with E-state index in [0.717, 1.165) is 19.4 Å². The lowest BCUT2D eigenvalue weighted by Crippen LogP contribution is -2.60. The quantitative estimate of drug-likeness (QED) is 0.240. The first-order valence-electron chi connectivity index (χ1n) is 12.9. The standard InChI is InChI=1S/C24H45N3O6/c1-2-3-4-5-6-7-8-9-10-11-12-13-14-15-16-27-17-20(25-26-27)33-24-23(31)22(30)21(29)19(18-28)32-24/h17,19,21-24,28-31H,2-16,18H2,1H3/t19-,21+,22+,23-,24+/m1/s1. The topological polar surface area (TPSA) is 130 Å². The number of ether oxygens (including phenoxy) is 2. The number of hydrogen-bond acceptors (Lipinski definition) is 8. The summed E-state index contributed by atoms with van der Waals surface area (Å²) in [6.45, 7) is 2.48. The van der Waals surface area contributed by atoms with E-state index in [1.807, 2.05) is 0 Å². The fourth-order valence-corrected chi connectivity index (χ4v) is 4.20. The van der Waals surface area contributed by atoms with Gasteiger partial charge in [-0.1, -0.05) is 101 Å². The molecule has 0 bridgehead atoms. The van der Waals surface area contributed by atoms with Crippen molar-refractivity contribution in [3.63, 3.8) is 0 Å². The van der Waals surface area contributed by atoms with Gasteiger partial charge in [-0.2, -0.15) is 0 Å². The molecule has 192 valence electrons. The second-order valence-electron chi connectivity index (χ2n) is 9.23. The molecule has 1 aromatic rings. The Hall–Kier alpha value is -1.26. The Balaban J connectivity index is 1.50. The van der Waals surface area contributed by atoms with Gasteiger partial charge >= 0.3 is 0 Å². The first kappa shape index (κ1) is 28.0. The van der Waals surface area contributed by atoms with Crippen molar-refractivity contribution in [3.8, 4) is 5.88 Å². The summed E-state index contributed by atoms with van der Waals surface area (Å²) in [4.78, 5) is 0. The molecule has 1 aromatic heterocycles. The predicted octanol–water partition coefficient (Wildman–Crippen LogP) is 2.94. The molecular weight excluding hydrogens is 426 g/mol. The molecule has 9 heteroatoms. The van der Waals surface area contributed by atoms with Crippen molar-refractivity contribution in [1.29, 1.82) is 0 Å².